The molecule has 1 heterocycles. The van der Waals surface area contributed by atoms with E-state index in [0.29, 0.717) is 18.7 Å². The van der Waals surface area contributed by atoms with Crippen molar-refractivity contribution in [2.45, 2.75) is 63.6 Å². The summed E-state index contributed by atoms with van der Waals surface area (Å²) in [5, 5.41) is 13.1. The molecule has 0 radical (unpaired) electrons. The van der Waals surface area contributed by atoms with Crippen molar-refractivity contribution in [1.82, 2.24) is 4.90 Å². The van der Waals surface area contributed by atoms with Crippen LogP contribution < -0.4 is 4.74 Å². The Hall–Kier alpha value is -1.36. The van der Waals surface area contributed by atoms with Gasteiger partial charge in [-0.25, -0.2) is 0 Å². The molecule has 1 aromatic heterocycles. The molecule has 4 heteroatoms. The van der Waals surface area contributed by atoms with Crippen LogP contribution in [0.2, 0.25) is 0 Å². The van der Waals surface area contributed by atoms with Gasteiger partial charge in [0.2, 0.25) is 0 Å². The molecule has 4 aliphatic carbocycles. The molecule has 4 fully saturated rings. The Morgan fingerprint density at radius 1 is 1.07 bits per heavy atom. The molecule has 0 unspecified atom stereocenters. The number of aliphatic hydroxyl groups excluding tert-OH is 1. The van der Waals surface area contributed by atoms with Crippen molar-refractivity contribution in [2.75, 3.05) is 13.2 Å². The van der Waals surface area contributed by atoms with Gasteiger partial charge in [0.1, 0.15) is 18.5 Å². The minimum atomic E-state index is -0.470. The zero-order valence-electron chi connectivity index (χ0n) is 17.4. The summed E-state index contributed by atoms with van der Waals surface area (Å²) in [7, 11) is 0. The second kappa shape index (κ2) is 8.05. The maximum atomic E-state index is 10.9. The van der Waals surface area contributed by atoms with Crippen LogP contribution in [0.5, 0.6) is 5.75 Å². The van der Waals surface area contributed by atoms with Gasteiger partial charge in [-0.3, -0.25) is 4.90 Å². The van der Waals surface area contributed by atoms with Crippen molar-refractivity contribution in [3.8, 4) is 5.75 Å². The summed E-state index contributed by atoms with van der Waals surface area (Å²) in [6.07, 6.45) is 7.87. The van der Waals surface area contributed by atoms with Crippen LogP contribution in [-0.4, -0.2) is 34.8 Å². The molecule has 1 aromatic carbocycles. The van der Waals surface area contributed by atoms with E-state index in [-0.39, 0.29) is 0 Å². The highest BCUT2D eigenvalue weighted by atomic mass is 32.1. The average molecular weight is 412 g/mol. The molecule has 4 saturated carbocycles. The Balaban J connectivity index is 1.30. The maximum Gasteiger partial charge on any atom is 0.122 e. The monoisotopic (exact) mass is 411 g/mol. The van der Waals surface area contributed by atoms with E-state index in [9.17, 15) is 5.11 Å². The van der Waals surface area contributed by atoms with E-state index in [2.05, 4.69) is 35.4 Å². The molecule has 4 bridgehead atoms. The van der Waals surface area contributed by atoms with E-state index in [1.807, 2.05) is 29.5 Å². The van der Waals surface area contributed by atoms with Gasteiger partial charge >= 0.3 is 0 Å². The molecule has 6 rings (SSSR count). The average Bonchev–Trinajstić information content (AvgIpc) is 3.19. The number of aliphatic hydroxyl groups is 1. The molecule has 156 valence electrons. The lowest BCUT2D eigenvalue weighted by Crippen LogP contribution is -2.61. The first kappa shape index (κ1) is 19.6. The van der Waals surface area contributed by atoms with Gasteiger partial charge in [-0.15, -0.1) is 11.3 Å². The number of nitrogens with zero attached hydrogens (tertiary/aromatic N) is 1. The molecule has 2 aromatic rings. The van der Waals surface area contributed by atoms with Crippen LogP contribution in [0.25, 0.3) is 0 Å². The summed E-state index contributed by atoms with van der Waals surface area (Å²) in [4.78, 5) is 4.06. The van der Waals surface area contributed by atoms with Crippen molar-refractivity contribution >= 4 is 11.3 Å². The molecular formula is C25H33NO2S. The van der Waals surface area contributed by atoms with E-state index < -0.39 is 6.10 Å². The second-order valence-electron chi connectivity index (χ2n) is 9.83. The van der Waals surface area contributed by atoms with E-state index in [1.165, 1.54) is 43.4 Å². The Kier molecular flexibility index (Phi) is 5.44. The fraction of sp³-hybridized carbons (Fsp3) is 0.600. The van der Waals surface area contributed by atoms with E-state index >= 15 is 0 Å². The normalized spacial score (nSPS) is 31.3. The minimum Gasteiger partial charge on any atom is -0.491 e. The Morgan fingerprint density at radius 3 is 2.38 bits per heavy atom. The number of thiophene rings is 1. The summed E-state index contributed by atoms with van der Waals surface area (Å²) in [6, 6.07) is 12.5. The number of ether oxygens (including phenoxy) is 1. The molecule has 1 N–H and O–H groups in total. The third kappa shape index (κ3) is 4.12. The standard InChI is InChI=1S/C25H33NO2S/c1-18-5-2-3-7-24(18)28-17-22(27)15-26(16-23-6-4-8-29-23)25-12-19-9-20(13-25)11-21(10-19)14-25/h2-8,19-22,27H,9-17H2,1H3/t19?,20?,21?,22-,25?/m1/s1. The number of β-amino-alcohol motifs (C(OH)–C–C–N with tert-alkyl or cyclic N) is 1. The highest BCUT2D eigenvalue weighted by Gasteiger charge is 2.53. The third-order valence-corrected chi connectivity index (χ3v) is 8.42. The zero-order valence-corrected chi connectivity index (χ0v) is 18.2. The van der Waals surface area contributed by atoms with Crippen molar-refractivity contribution < 1.29 is 9.84 Å². The number of hydrogen-bond acceptors (Lipinski definition) is 4. The molecule has 29 heavy (non-hydrogen) atoms. The first-order valence-corrected chi connectivity index (χ1v) is 12.1. The minimum absolute atomic E-state index is 0.294. The predicted molar refractivity (Wildman–Crippen MR) is 118 cm³/mol. The molecule has 1 atom stereocenters. The number of aryl methyl sites for hydroxylation is 1. The molecular weight excluding hydrogens is 378 g/mol. The maximum absolute atomic E-state index is 10.9. The van der Waals surface area contributed by atoms with Gasteiger partial charge in [0.15, 0.2) is 0 Å². The van der Waals surface area contributed by atoms with Crippen molar-refractivity contribution in [2.24, 2.45) is 17.8 Å². The van der Waals surface area contributed by atoms with Gasteiger partial charge in [0.25, 0.3) is 0 Å². The molecule has 0 aliphatic heterocycles. The second-order valence-corrected chi connectivity index (χ2v) is 10.9. The fourth-order valence-corrected chi connectivity index (χ4v) is 7.40. The number of hydrogen-bond donors (Lipinski definition) is 1. The summed E-state index contributed by atoms with van der Waals surface area (Å²) in [5.41, 5.74) is 1.42. The summed E-state index contributed by atoms with van der Waals surface area (Å²) in [6.45, 7) is 4.08. The SMILES string of the molecule is Cc1ccccc1OC[C@H](O)CN(Cc1cccs1)C12CC3CC(CC(C3)C1)C2. The largest absolute Gasteiger partial charge is 0.491 e. The number of rotatable bonds is 8. The molecule has 0 spiro atoms. The lowest BCUT2D eigenvalue weighted by Gasteiger charge is -2.61. The third-order valence-electron chi connectivity index (χ3n) is 7.56. The zero-order chi connectivity index (χ0) is 19.8. The lowest BCUT2D eigenvalue weighted by molar-refractivity contribution is -0.105. The molecule has 3 nitrogen and oxygen atoms in total. The molecule has 0 amide bonds. The summed E-state index contributed by atoms with van der Waals surface area (Å²) in [5.74, 6) is 3.61. The Morgan fingerprint density at radius 2 is 1.76 bits per heavy atom. The first-order valence-electron chi connectivity index (χ1n) is 11.2. The van der Waals surface area contributed by atoms with Crippen molar-refractivity contribution in [1.29, 1.82) is 0 Å². The van der Waals surface area contributed by atoms with Gasteiger partial charge in [-0.1, -0.05) is 24.3 Å². The molecule has 0 saturated heterocycles. The fourth-order valence-electron chi connectivity index (χ4n) is 6.68. The van der Waals surface area contributed by atoms with Crippen LogP contribution in [0.3, 0.4) is 0 Å². The van der Waals surface area contributed by atoms with Crippen LogP contribution >= 0.6 is 11.3 Å². The molecule has 4 aliphatic rings. The van der Waals surface area contributed by atoms with Gasteiger partial charge in [-0.05, 0) is 86.3 Å². The Labute approximate surface area is 178 Å². The van der Waals surface area contributed by atoms with Crippen LogP contribution in [0, 0.1) is 24.7 Å². The van der Waals surface area contributed by atoms with Crippen molar-refractivity contribution in [3.63, 3.8) is 0 Å². The number of para-hydroxylation sites is 1. The van der Waals surface area contributed by atoms with Crippen LogP contribution in [0.1, 0.15) is 49.0 Å². The highest BCUT2D eigenvalue weighted by Crippen LogP contribution is 2.58. The smallest absolute Gasteiger partial charge is 0.122 e. The topological polar surface area (TPSA) is 32.7 Å². The quantitative estimate of drug-likeness (QED) is 0.642. The van der Waals surface area contributed by atoms with E-state index in [0.717, 1.165) is 35.6 Å². The van der Waals surface area contributed by atoms with Crippen LogP contribution in [0.15, 0.2) is 41.8 Å². The van der Waals surface area contributed by atoms with E-state index in [4.69, 9.17) is 4.74 Å². The lowest BCUT2D eigenvalue weighted by atomic mass is 9.52. The predicted octanol–water partition coefficient (Wildman–Crippen LogP) is 5.27. The highest BCUT2D eigenvalue weighted by molar-refractivity contribution is 7.09. The van der Waals surface area contributed by atoms with Gasteiger partial charge in [-0.2, -0.15) is 0 Å². The number of benzene rings is 1. The van der Waals surface area contributed by atoms with Gasteiger partial charge in [0, 0.05) is 23.5 Å². The Bertz CT molecular complexity index is 783. The van der Waals surface area contributed by atoms with Crippen LogP contribution in [0.4, 0.5) is 0 Å². The van der Waals surface area contributed by atoms with E-state index in [1.54, 1.807) is 0 Å². The summed E-state index contributed by atoms with van der Waals surface area (Å²) < 4.78 is 5.98. The van der Waals surface area contributed by atoms with Crippen LogP contribution in [-0.2, 0) is 6.54 Å². The van der Waals surface area contributed by atoms with Gasteiger partial charge in [0.05, 0.1) is 0 Å². The summed E-state index contributed by atoms with van der Waals surface area (Å²) >= 11 is 1.84. The first-order chi connectivity index (χ1) is 14.1. The van der Waals surface area contributed by atoms with Crippen molar-refractivity contribution in [3.05, 3.63) is 52.2 Å². The van der Waals surface area contributed by atoms with Gasteiger partial charge < -0.3 is 9.84 Å².